The fourth-order valence-corrected chi connectivity index (χ4v) is 3.02. The Morgan fingerprint density at radius 3 is 2.74 bits per heavy atom. The van der Waals surface area contributed by atoms with Crippen molar-refractivity contribution in [3.63, 3.8) is 0 Å². The Morgan fingerprint density at radius 1 is 1.26 bits per heavy atom. The second-order valence-electron chi connectivity index (χ2n) is 6.22. The molecule has 1 aliphatic carbocycles. The maximum absolute atomic E-state index is 13.2. The van der Waals surface area contributed by atoms with Gasteiger partial charge in [0, 0.05) is 18.2 Å². The molecule has 0 spiro atoms. The van der Waals surface area contributed by atoms with E-state index in [0.29, 0.717) is 6.54 Å². The summed E-state index contributed by atoms with van der Waals surface area (Å²) in [7, 11) is 0. The van der Waals surface area contributed by atoms with E-state index >= 15 is 0 Å². The molecular formula is C17H19FN2O3. The first kappa shape index (κ1) is 15.7. The second-order valence-corrected chi connectivity index (χ2v) is 6.22. The van der Waals surface area contributed by atoms with Crippen LogP contribution in [0.1, 0.15) is 42.7 Å². The molecule has 1 fully saturated rings. The molecular weight excluding hydrogens is 299 g/mol. The zero-order valence-corrected chi connectivity index (χ0v) is 12.7. The van der Waals surface area contributed by atoms with Crippen LogP contribution in [0.25, 0.3) is 11.0 Å². The van der Waals surface area contributed by atoms with E-state index in [4.69, 9.17) is 10.2 Å². The summed E-state index contributed by atoms with van der Waals surface area (Å²) >= 11 is 0. The van der Waals surface area contributed by atoms with Gasteiger partial charge in [-0.2, -0.15) is 0 Å². The minimum absolute atomic E-state index is 0.0893. The number of halogens is 1. The van der Waals surface area contributed by atoms with Crippen LogP contribution in [0.4, 0.5) is 4.39 Å². The molecule has 122 valence electrons. The molecule has 1 aliphatic rings. The van der Waals surface area contributed by atoms with Crippen LogP contribution < -0.4 is 16.5 Å². The Morgan fingerprint density at radius 2 is 2.00 bits per heavy atom. The summed E-state index contributed by atoms with van der Waals surface area (Å²) in [5.74, 6) is -1.10. The Balaban J connectivity index is 1.78. The molecule has 1 amide bonds. The van der Waals surface area contributed by atoms with Gasteiger partial charge in [0.2, 0.25) is 0 Å². The number of hydrogen-bond acceptors (Lipinski definition) is 4. The third kappa shape index (κ3) is 3.42. The minimum atomic E-state index is -0.524. The quantitative estimate of drug-likeness (QED) is 0.909. The van der Waals surface area contributed by atoms with Crippen LogP contribution in [0.2, 0.25) is 0 Å². The number of fused-ring (bicyclic) bond motifs is 1. The number of rotatable bonds is 3. The van der Waals surface area contributed by atoms with Crippen molar-refractivity contribution in [1.29, 1.82) is 0 Å². The molecule has 1 heterocycles. The molecule has 23 heavy (non-hydrogen) atoms. The summed E-state index contributed by atoms with van der Waals surface area (Å²) in [6, 6.07) is 4.71. The van der Waals surface area contributed by atoms with Crippen LogP contribution in [0.5, 0.6) is 0 Å². The van der Waals surface area contributed by atoms with Crippen molar-refractivity contribution in [3.05, 3.63) is 46.1 Å². The van der Waals surface area contributed by atoms with E-state index < -0.39 is 22.7 Å². The molecule has 5 nitrogen and oxygen atoms in total. The van der Waals surface area contributed by atoms with Crippen LogP contribution in [0.15, 0.2) is 33.5 Å². The lowest BCUT2D eigenvalue weighted by Crippen LogP contribution is -2.51. The lowest BCUT2D eigenvalue weighted by molar-refractivity contribution is 0.0910. The van der Waals surface area contributed by atoms with Gasteiger partial charge in [-0.3, -0.25) is 9.59 Å². The lowest BCUT2D eigenvalue weighted by atomic mass is 9.82. The van der Waals surface area contributed by atoms with Gasteiger partial charge in [0.05, 0.1) is 5.39 Å². The molecule has 2 aromatic rings. The van der Waals surface area contributed by atoms with Gasteiger partial charge in [0.15, 0.2) is 11.2 Å². The molecule has 0 aliphatic heterocycles. The van der Waals surface area contributed by atoms with Gasteiger partial charge in [-0.1, -0.05) is 19.3 Å². The molecule has 0 bridgehead atoms. The molecule has 6 heteroatoms. The molecule has 0 saturated heterocycles. The van der Waals surface area contributed by atoms with Gasteiger partial charge in [-0.05, 0) is 31.0 Å². The molecule has 1 aromatic heterocycles. The van der Waals surface area contributed by atoms with Gasteiger partial charge in [0.1, 0.15) is 11.4 Å². The van der Waals surface area contributed by atoms with Gasteiger partial charge >= 0.3 is 0 Å². The minimum Gasteiger partial charge on any atom is -0.451 e. The van der Waals surface area contributed by atoms with Crippen LogP contribution >= 0.6 is 0 Å². The number of hydrogen-bond donors (Lipinski definition) is 2. The van der Waals surface area contributed by atoms with Crippen molar-refractivity contribution in [2.24, 2.45) is 5.73 Å². The molecule has 0 radical (unpaired) electrons. The largest absolute Gasteiger partial charge is 0.451 e. The topological polar surface area (TPSA) is 85.3 Å². The molecule has 1 saturated carbocycles. The molecule has 1 aromatic carbocycles. The number of carbonyl (C=O) groups is 1. The summed E-state index contributed by atoms with van der Waals surface area (Å²) in [6.45, 7) is 0.344. The van der Waals surface area contributed by atoms with Crippen molar-refractivity contribution >= 4 is 16.9 Å². The molecule has 0 unspecified atom stereocenters. The van der Waals surface area contributed by atoms with Crippen molar-refractivity contribution in [2.75, 3.05) is 6.54 Å². The number of nitrogens with two attached hydrogens (primary N) is 1. The van der Waals surface area contributed by atoms with Crippen LogP contribution in [0.3, 0.4) is 0 Å². The highest BCUT2D eigenvalue weighted by molar-refractivity contribution is 5.93. The van der Waals surface area contributed by atoms with Crippen molar-refractivity contribution < 1.29 is 13.6 Å². The predicted molar refractivity (Wildman–Crippen MR) is 84.8 cm³/mol. The van der Waals surface area contributed by atoms with Crippen molar-refractivity contribution in [3.8, 4) is 0 Å². The van der Waals surface area contributed by atoms with Gasteiger partial charge in [-0.25, -0.2) is 4.39 Å². The fraction of sp³-hybridized carbons (Fsp3) is 0.412. The smallest absolute Gasteiger partial charge is 0.287 e. The van der Waals surface area contributed by atoms with Crippen LogP contribution in [0, 0.1) is 5.82 Å². The highest BCUT2D eigenvalue weighted by Gasteiger charge is 2.28. The molecule has 0 atom stereocenters. The Hall–Kier alpha value is -2.21. The summed E-state index contributed by atoms with van der Waals surface area (Å²) in [5.41, 5.74) is 5.62. The van der Waals surface area contributed by atoms with Crippen molar-refractivity contribution in [1.82, 2.24) is 5.32 Å². The highest BCUT2D eigenvalue weighted by atomic mass is 19.1. The van der Waals surface area contributed by atoms with E-state index in [1.807, 2.05) is 0 Å². The second kappa shape index (κ2) is 6.12. The van der Waals surface area contributed by atoms with E-state index in [-0.39, 0.29) is 16.7 Å². The molecule has 3 rings (SSSR count). The highest BCUT2D eigenvalue weighted by Crippen LogP contribution is 2.25. The molecule has 3 N–H and O–H groups in total. The van der Waals surface area contributed by atoms with E-state index in [0.717, 1.165) is 37.8 Å². The summed E-state index contributed by atoms with van der Waals surface area (Å²) in [4.78, 5) is 24.2. The SMILES string of the molecule is NC1(CNC(=O)c2cc(=O)c3cc(F)ccc3o2)CCCCC1. The van der Waals surface area contributed by atoms with E-state index in [9.17, 15) is 14.0 Å². The maximum atomic E-state index is 13.2. The number of amides is 1. The monoisotopic (exact) mass is 318 g/mol. The van der Waals surface area contributed by atoms with Gasteiger partial charge < -0.3 is 15.5 Å². The van der Waals surface area contributed by atoms with Crippen LogP contribution in [-0.2, 0) is 0 Å². The first-order chi connectivity index (χ1) is 11.0. The number of benzene rings is 1. The van der Waals surface area contributed by atoms with Crippen molar-refractivity contribution in [2.45, 2.75) is 37.6 Å². The Bertz CT molecular complexity index is 794. The van der Waals surface area contributed by atoms with Crippen LogP contribution in [-0.4, -0.2) is 18.0 Å². The average molecular weight is 318 g/mol. The Labute approximate surface area is 132 Å². The normalized spacial score (nSPS) is 17.1. The lowest BCUT2D eigenvalue weighted by Gasteiger charge is -2.33. The zero-order valence-electron chi connectivity index (χ0n) is 12.7. The summed E-state index contributed by atoms with van der Waals surface area (Å²) < 4.78 is 18.6. The maximum Gasteiger partial charge on any atom is 0.287 e. The van der Waals surface area contributed by atoms with E-state index in [1.165, 1.54) is 18.6 Å². The van der Waals surface area contributed by atoms with E-state index in [2.05, 4.69) is 5.32 Å². The van der Waals surface area contributed by atoms with Gasteiger partial charge in [-0.15, -0.1) is 0 Å². The third-order valence-electron chi connectivity index (χ3n) is 4.36. The number of carbonyl (C=O) groups excluding carboxylic acids is 1. The first-order valence-electron chi connectivity index (χ1n) is 7.77. The van der Waals surface area contributed by atoms with E-state index in [1.54, 1.807) is 0 Å². The first-order valence-corrected chi connectivity index (χ1v) is 7.77. The average Bonchev–Trinajstić information content (AvgIpc) is 2.54. The van der Waals surface area contributed by atoms with Gasteiger partial charge in [0.25, 0.3) is 5.91 Å². The Kier molecular flexibility index (Phi) is 4.17. The fourth-order valence-electron chi connectivity index (χ4n) is 3.02. The zero-order chi connectivity index (χ0) is 16.4. The standard InChI is InChI=1S/C17H19FN2O3/c18-11-4-5-14-12(8-11)13(21)9-15(23-14)16(22)20-10-17(19)6-2-1-3-7-17/h4-5,8-9H,1-3,6-7,10,19H2,(H,20,22). The predicted octanol–water partition coefficient (Wildman–Crippen LogP) is 2.32. The number of nitrogens with one attached hydrogen (secondary N) is 1. The summed E-state index contributed by atoms with van der Waals surface area (Å²) in [5, 5.41) is 2.86. The summed E-state index contributed by atoms with van der Waals surface area (Å²) in [6.07, 6.45) is 5.03. The third-order valence-corrected chi connectivity index (χ3v) is 4.36.